The van der Waals surface area contributed by atoms with Crippen LogP contribution in [0, 0.1) is 5.92 Å². The third-order valence-electron chi connectivity index (χ3n) is 2.52. The molecular weight excluding hydrogens is 238 g/mol. The van der Waals surface area contributed by atoms with Gasteiger partial charge in [-0.1, -0.05) is 24.6 Å². The molecule has 0 saturated carbocycles. The van der Waals surface area contributed by atoms with Gasteiger partial charge in [0.05, 0.1) is 0 Å². The van der Waals surface area contributed by atoms with Crippen molar-refractivity contribution in [2.45, 2.75) is 13.5 Å². The highest BCUT2D eigenvalue weighted by Gasteiger charge is 2.13. The summed E-state index contributed by atoms with van der Waals surface area (Å²) in [5, 5.41) is 3.14. The molecule has 1 amide bonds. The molecule has 0 bridgehead atoms. The summed E-state index contributed by atoms with van der Waals surface area (Å²) in [6.45, 7) is 3.38. The molecule has 1 atom stereocenters. The Morgan fingerprint density at radius 1 is 1.59 bits per heavy atom. The fraction of sp³-hybridized carbons (Fsp3) is 0.500. The maximum Gasteiger partial charge on any atom is 0.223 e. The van der Waals surface area contributed by atoms with Gasteiger partial charge in [0.2, 0.25) is 5.91 Å². The van der Waals surface area contributed by atoms with Crippen molar-refractivity contribution in [3.05, 3.63) is 29.0 Å². The summed E-state index contributed by atoms with van der Waals surface area (Å²) in [5.74, 6) is 0.0383. The second-order valence-electron chi connectivity index (χ2n) is 4.20. The standard InChI is InChI=1S/C12H18ClN3O/c1-9(12(17)14-2)7-16(3)8-10-4-5-11(13)15-6-10/h4-6,9H,7-8H2,1-3H3,(H,14,17). The van der Waals surface area contributed by atoms with Crippen molar-refractivity contribution in [2.24, 2.45) is 5.92 Å². The lowest BCUT2D eigenvalue weighted by Gasteiger charge is -2.20. The van der Waals surface area contributed by atoms with E-state index in [0.717, 1.165) is 12.1 Å². The molecule has 0 aliphatic carbocycles. The fourth-order valence-corrected chi connectivity index (χ4v) is 1.78. The molecule has 0 aromatic carbocycles. The van der Waals surface area contributed by atoms with E-state index < -0.39 is 0 Å². The summed E-state index contributed by atoms with van der Waals surface area (Å²) >= 11 is 5.72. The van der Waals surface area contributed by atoms with Crippen molar-refractivity contribution in [3.63, 3.8) is 0 Å². The van der Waals surface area contributed by atoms with Gasteiger partial charge in [0, 0.05) is 32.3 Å². The van der Waals surface area contributed by atoms with Crippen LogP contribution in [0.5, 0.6) is 0 Å². The van der Waals surface area contributed by atoms with Gasteiger partial charge in [-0.15, -0.1) is 0 Å². The number of pyridine rings is 1. The van der Waals surface area contributed by atoms with Crippen molar-refractivity contribution < 1.29 is 4.79 Å². The molecule has 1 heterocycles. The van der Waals surface area contributed by atoms with Crippen LogP contribution in [0.15, 0.2) is 18.3 Å². The van der Waals surface area contributed by atoms with E-state index >= 15 is 0 Å². The number of hydrogen-bond acceptors (Lipinski definition) is 3. The molecule has 0 aliphatic rings. The molecule has 0 aliphatic heterocycles. The van der Waals surface area contributed by atoms with Crippen LogP contribution in [0.1, 0.15) is 12.5 Å². The Hall–Kier alpha value is -1.13. The zero-order valence-corrected chi connectivity index (χ0v) is 11.2. The summed E-state index contributed by atoms with van der Waals surface area (Å²) in [6.07, 6.45) is 1.75. The molecule has 5 heteroatoms. The number of aromatic nitrogens is 1. The summed E-state index contributed by atoms with van der Waals surface area (Å²) in [4.78, 5) is 17.5. The van der Waals surface area contributed by atoms with Gasteiger partial charge in [0.15, 0.2) is 0 Å². The van der Waals surface area contributed by atoms with Gasteiger partial charge in [0.1, 0.15) is 5.15 Å². The van der Waals surface area contributed by atoms with E-state index in [1.54, 1.807) is 19.3 Å². The van der Waals surface area contributed by atoms with E-state index in [0.29, 0.717) is 11.7 Å². The van der Waals surface area contributed by atoms with Gasteiger partial charge in [0.25, 0.3) is 0 Å². The largest absolute Gasteiger partial charge is 0.359 e. The van der Waals surface area contributed by atoms with Gasteiger partial charge in [-0.2, -0.15) is 0 Å². The smallest absolute Gasteiger partial charge is 0.223 e. The number of nitrogens with zero attached hydrogens (tertiary/aromatic N) is 2. The summed E-state index contributed by atoms with van der Waals surface area (Å²) in [7, 11) is 3.63. The summed E-state index contributed by atoms with van der Waals surface area (Å²) < 4.78 is 0. The van der Waals surface area contributed by atoms with Crippen LogP contribution >= 0.6 is 11.6 Å². The first-order valence-corrected chi connectivity index (χ1v) is 5.91. The highest BCUT2D eigenvalue weighted by molar-refractivity contribution is 6.29. The van der Waals surface area contributed by atoms with Crippen LogP contribution in [0.25, 0.3) is 0 Å². The topological polar surface area (TPSA) is 45.2 Å². The molecule has 0 spiro atoms. The van der Waals surface area contributed by atoms with Crippen molar-refractivity contribution in [2.75, 3.05) is 20.6 Å². The summed E-state index contributed by atoms with van der Waals surface area (Å²) in [5.41, 5.74) is 1.08. The maximum atomic E-state index is 11.4. The van der Waals surface area contributed by atoms with Crippen LogP contribution in [0.3, 0.4) is 0 Å². The van der Waals surface area contributed by atoms with Crippen LogP contribution in [0.4, 0.5) is 0 Å². The predicted molar refractivity (Wildman–Crippen MR) is 68.8 cm³/mol. The Balaban J connectivity index is 2.46. The van der Waals surface area contributed by atoms with Crippen LogP contribution in [0.2, 0.25) is 5.15 Å². The van der Waals surface area contributed by atoms with Gasteiger partial charge in [-0.3, -0.25) is 4.79 Å². The van der Waals surface area contributed by atoms with Crippen molar-refractivity contribution in [1.82, 2.24) is 15.2 Å². The van der Waals surface area contributed by atoms with Gasteiger partial charge < -0.3 is 10.2 Å². The molecule has 4 nitrogen and oxygen atoms in total. The number of hydrogen-bond donors (Lipinski definition) is 1. The minimum atomic E-state index is -0.0229. The first-order chi connectivity index (χ1) is 8.02. The van der Waals surface area contributed by atoms with E-state index in [4.69, 9.17) is 11.6 Å². The second-order valence-corrected chi connectivity index (χ2v) is 4.59. The predicted octanol–water partition coefficient (Wildman–Crippen LogP) is 1.55. The molecule has 0 radical (unpaired) electrons. The maximum absolute atomic E-state index is 11.4. The normalized spacial score (nSPS) is 12.5. The Morgan fingerprint density at radius 3 is 2.82 bits per heavy atom. The zero-order chi connectivity index (χ0) is 12.8. The van der Waals surface area contributed by atoms with Crippen LogP contribution < -0.4 is 5.32 Å². The third kappa shape index (κ3) is 4.71. The first kappa shape index (κ1) is 13.9. The quantitative estimate of drug-likeness (QED) is 0.812. The molecule has 17 heavy (non-hydrogen) atoms. The lowest BCUT2D eigenvalue weighted by Crippen LogP contribution is -2.34. The minimum absolute atomic E-state index is 0.0229. The summed E-state index contributed by atoms with van der Waals surface area (Å²) in [6, 6.07) is 3.71. The molecule has 1 aromatic rings. The number of carbonyl (C=O) groups excluding carboxylic acids is 1. The Labute approximate surface area is 107 Å². The number of amides is 1. The molecule has 1 unspecified atom stereocenters. The van der Waals surface area contributed by atoms with E-state index in [2.05, 4.69) is 15.2 Å². The average molecular weight is 256 g/mol. The second kappa shape index (κ2) is 6.57. The van der Waals surface area contributed by atoms with Gasteiger partial charge >= 0.3 is 0 Å². The molecule has 94 valence electrons. The average Bonchev–Trinajstić information content (AvgIpc) is 2.30. The van der Waals surface area contributed by atoms with E-state index in [1.165, 1.54) is 0 Å². The lowest BCUT2D eigenvalue weighted by atomic mass is 10.1. The van der Waals surface area contributed by atoms with E-state index in [9.17, 15) is 4.79 Å². The third-order valence-corrected chi connectivity index (χ3v) is 2.74. The number of carbonyl (C=O) groups is 1. The van der Waals surface area contributed by atoms with E-state index in [1.807, 2.05) is 20.0 Å². The van der Waals surface area contributed by atoms with Gasteiger partial charge in [-0.25, -0.2) is 4.98 Å². The number of rotatable bonds is 5. The highest BCUT2D eigenvalue weighted by Crippen LogP contribution is 2.08. The number of halogens is 1. The zero-order valence-electron chi connectivity index (χ0n) is 10.4. The van der Waals surface area contributed by atoms with Crippen molar-refractivity contribution in [1.29, 1.82) is 0 Å². The Bertz CT molecular complexity index is 367. The molecule has 1 rings (SSSR count). The lowest BCUT2D eigenvalue weighted by molar-refractivity contribution is -0.124. The number of nitrogens with one attached hydrogen (secondary N) is 1. The van der Waals surface area contributed by atoms with Crippen LogP contribution in [-0.2, 0) is 11.3 Å². The SMILES string of the molecule is CNC(=O)C(C)CN(C)Cc1ccc(Cl)nc1. The van der Waals surface area contributed by atoms with E-state index in [-0.39, 0.29) is 11.8 Å². The van der Waals surface area contributed by atoms with Gasteiger partial charge in [-0.05, 0) is 18.7 Å². The molecule has 0 saturated heterocycles. The Kier molecular flexibility index (Phi) is 5.38. The van der Waals surface area contributed by atoms with Crippen molar-refractivity contribution in [3.8, 4) is 0 Å². The monoisotopic (exact) mass is 255 g/mol. The fourth-order valence-electron chi connectivity index (χ4n) is 1.67. The molecule has 0 fully saturated rings. The molecular formula is C12H18ClN3O. The molecule has 1 aromatic heterocycles. The first-order valence-electron chi connectivity index (χ1n) is 5.53. The molecule has 1 N–H and O–H groups in total. The highest BCUT2D eigenvalue weighted by atomic mass is 35.5. The Morgan fingerprint density at radius 2 is 2.29 bits per heavy atom. The van der Waals surface area contributed by atoms with Crippen LogP contribution in [-0.4, -0.2) is 36.4 Å². The van der Waals surface area contributed by atoms with Crippen molar-refractivity contribution >= 4 is 17.5 Å². The minimum Gasteiger partial charge on any atom is -0.359 e.